The Morgan fingerprint density at radius 1 is 1.19 bits per heavy atom. The molecule has 3 heterocycles. The molecule has 0 aromatic carbocycles. The van der Waals surface area contributed by atoms with Crippen molar-refractivity contribution in [1.82, 2.24) is 20.2 Å². The molecule has 1 aliphatic rings. The molecule has 7 nitrogen and oxygen atoms in total. The van der Waals surface area contributed by atoms with Gasteiger partial charge in [-0.3, -0.25) is 9.69 Å². The number of aromatic nitrogens is 2. The van der Waals surface area contributed by atoms with E-state index < -0.39 is 0 Å². The van der Waals surface area contributed by atoms with Crippen LogP contribution in [0, 0.1) is 13.8 Å². The number of piperazine rings is 1. The molecule has 2 aromatic heterocycles. The first-order chi connectivity index (χ1) is 12.5. The van der Waals surface area contributed by atoms with Crippen molar-refractivity contribution in [3.05, 3.63) is 46.9 Å². The summed E-state index contributed by atoms with van der Waals surface area (Å²) in [7, 11) is 1.62. The number of anilines is 2. The molecule has 2 aromatic rings. The lowest BCUT2D eigenvalue weighted by Gasteiger charge is -2.36. The van der Waals surface area contributed by atoms with Gasteiger partial charge in [0, 0.05) is 46.0 Å². The van der Waals surface area contributed by atoms with Gasteiger partial charge in [-0.25, -0.2) is 9.97 Å². The maximum atomic E-state index is 11.7. The van der Waals surface area contributed by atoms with E-state index in [2.05, 4.69) is 25.1 Å². The van der Waals surface area contributed by atoms with Crippen molar-refractivity contribution < 1.29 is 4.79 Å². The second-order valence-corrected chi connectivity index (χ2v) is 6.62. The zero-order valence-electron chi connectivity index (χ0n) is 15.6. The van der Waals surface area contributed by atoms with Crippen molar-refractivity contribution in [2.24, 2.45) is 0 Å². The summed E-state index contributed by atoms with van der Waals surface area (Å²) in [6.45, 7) is 8.67. The lowest BCUT2D eigenvalue weighted by atomic mass is 10.1. The van der Waals surface area contributed by atoms with Crippen LogP contribution >= 0.6 is 0 Å². The molecule has 3 N–H and O–H groups in total. The van der Waals surface area contributed by atoms with E-state index in [0.29, 0.717) is 11.5 Å². The molecule has 7 heteroatoms. The number of carbonyl (C=O) groups is 1. The van der Waals surface area contributed by atoms with Crippen LogP contribution in [-0.2, 0) is 6.54 Å². The van der Waals surface area contributed by atoms with E-state index in [4.69, 9.17) is 5.73 Å². The fourth-order valence-electron chi connectivity index (χ4n) is 3.30. The highest BCUT2D eigenvalue weighted by atomic mass is 16.1. The molecule has 0 unspecified atom stereocenters. The summed E-state index contributed by atoms with van der Waals surface area (Å²) in [6.07, 6.45) is 1.77. The third-order valence-electron chi connectivity index (χ3n) is 4.98. The van der Waals surface area contributed by atoms with Crippen LogP contribution < -0.4 is 16.0 Å². The van der Waals surface area contributed by atoms with Crippen LogP contribution in [0.2, 0.25) is 0 Å². The topological polar surface area (TPSA) is 87.4 Å². The van der Waals surface area contributed by atoms with Crippen molar-refractivity contribution in [2.45, 2.75) is 20.4 Å². The quantitative estimate of drug-likeness (QED) is 0.862. The lowest BCUT2D eigenvalue weighted by Crippen LogP contribution is -2.46. The third-order valence-corrected chi connectivity index (χ3v) is 4.98. The monoisotopic (exact) mass is 354 g/mol. The molecule has 1 fully saturated rings. The second-order valence-electron chi connectivity index (χ2n) is 6.62. The number of hydrogen-bond acceptors (Lipinski definition) is 6. The predicted molar refractivity (Wildman–Crippen MR) is 103 cm³/mol. The highest BCUT2D eigenvalue weighted by Gasteiger charge is 2.20. The fourth-order valence-corrected chi connectivity index (χ4v) is 3.30. The zero-order chi connectivity index (χ0) is 18.7. The number of nitrogen functional groups attached to an aromatic ring is 1. The molecule has 1 aliphatic heterocycles. The van der Waals surface area contributed by atoms with E-state index in [0.717, 1.165) is 49.7 Å². The highest BCUT2D eigenvalue weighted by Crippen LogP contribution is 2.22. The van der Waals surface area contributed by atoms with Gasteiger partial charge < -0.3 is 16.0 Å². The molecule has 0 spiro atoms. The summed E-state index contributed by atoms with van der Waals surface area (Å²) in [5, 5.41) is 2.61. The van der Waals surface area contributed by atoms with Gasteiger partial charge in [0.1, 0.15) is 11.5 Å². The number of nitrogens with two attached hydrogens (primary N) is 1. The van der Waals surface area contributed by atoms with Gasteiger partial charge in [0.05, 0.1) is 11.4 Å². The first-order valence-electron chi connectivity index (χ1n) is 8.86. The van der Waals surface area contributed by atoms with Crippen LogP contribution in [0.5, 0.6) is 0 Å². The van der Waals surface area contributed by atoms with Gasteiger partial charge in [0.25, 0.3) is 5.91 Å². The van der Waals surface area contributed by atoms with Crippen LogP contribution in [0.3, 0.4) is 0 Å². The molecule has 26 heavy (non-hydrogen) atoms. The van der Waals surface area contributed by atoms with Gasteiger partial charge in [-0.1, -0.05) is 0 Å². The Morgan fingerprint density at radius 2 is 1.92 bits per heavy atom. The number of aryl methyl sites for hydroxylation is 1. The molecule has 1 amide bonds. The van der Waals surface area contributed by atoms with Crippen LogP contribution in [0.4, 0.5) is 11.5 Å². The van der Waals surface area contributed by atoms with Crippen LogP contribution in [0.1, 0.15) is 27.3 Å². The predicted octanol–water partition coefficient (Wildman–Crippen LogP) is 1.36. The standard InChI is InChI=1S/C19H26N6O/c1-13-15(6-7-22-18(13)20)12-24-8-10-25(11-9-24)17-5-4-16(19(26)21-3)23-14(17)2/h4-7H,8-12H2,1-3H3,(H2,20,22)(H,21,26). The summed E-state index contributed by atoms with van der Waals surface area (Å²) in [5.41, 5.74) is 10.7. The Labute approximate surface area is 154 Å². The van der Waals surface area contributed by atoms with E-state index in [1.165, 1.54) is 5.56 Å². The Bertz CT molecular complexity index is 799. The maximum Gasteiger partial charge on any atom is 0.269 e. The highest BCUT2D eigenvalue weighted by molar-refractivity contribution is 5.92. The van der Waals surface area contributed by atoms with Gasteiger partial charge in [-0.15, -0.1) is 0 Å². The molecule has 0 aliphatic carbocycles. The Balaban J connectivity index is 1.63. The Kier molecular flexibility index (Phi) is 5.37. The molecule has 0 saturated carbocycles. The fraction of sp³-hybridized carbons (Fsp3) is 0.421. The summed E-state index contributed by atoms with van der Waals surface area (Å²) in [4.78, 5) is 25.1. The third kappa shape index (κ3) is 3.77. The van der Waals surface area contributed by atoms with E-state index >= 15 is 0 Å². The molecular weight excluding hydrogens is 328 g/mol. The minimum absolute atomic E-state index is 0.156. The Morgan fingerprint density at radius 3 is 2.58 bits per heavy atom. The average Bonchev–Trinajstić information content (AvgIpc) is 2.65. The Hall–Kier alpha value is -2.67. The number of rotatable bonds is 4. The number of hydrogen-bond donors (Lipinski definition) is 2. The van der Waals surface area contributed by atoms with E-state index in [-0.39, 0.29) is 5.91 Å². The summed E-state index contributed by atoms with van der Waals surface area (Å²) in [6, 6.07) is 5.83. The minimum atomic E-state index is -0.156. The lowest BCUT2D eigenvalue weighted by molar-refractivity contribution is 0.0958. The van der Waals surface area contributed by atoms with Crippen molar-refractivity contribution in [3.8, 4) is 0 Å². The minimum Gasteiger partial charge on any atom is -0.383 e. The van der Waals surface area contributed by atoms with Gasteiger partial charge in [-0.05, 0) is 43.2 Å². The molecule has 1 saturated heterocycles. The van der Waals surface area contributed by atoms with Gasteiger partial charge in [0.15, 0.2) is 0 Å². The number of pyridine rings is 2. The first kappa shape index (κ1) is 18.1. The van der Waals surface area contributed by atoms with Crippen LogP contribution in [0.25, 0.3) is 0 Å². The SMILES string of the molecule is CNC(=O)c1ccc(N2CCN(Cc3ccnc(N)c3C)CC2)c(C)n1. The maximum absolute atomic E-state index is 11.7. The van der Waals surface area contributed by atoms with Crippen molar-refractivity contribution >= 4 is 17.4 Å². The second kappa shape index (κ2) is 7.70. The van der Waals surface area contributed by atoms with Crippen LogP contribution in [0.15, 0.2) is 24.4 Å². The van der Waals surface area contributed by atoms with Crippen LogP contribution in [-0.4, -0.2) is 54.0 Å². The van der Waals surface area contributed by atoms with Gasteiger partial charge in [0.2, 0.25) is 0 Å². The average molecular weight is 354 g/mol. The van der Waals surface area contributed by atoms with Gasteiger partial charge in [-0.2, -0.15) is 0 Å². The summed E-state index contributed by atoms with van der Waals surface area (Å²) >= 11 is 0. The molecule has 0 radical (unpaired) electrons. The van der Waals surface area contributed by atoms with Crippen molar-refractivity contribution in [3.63, 3.8) is 0 Å². The largest absolute Gasteiger partial charge is 0.383 e. The zero-order valence-corrected chi connectivity index (χ0v) is 15.6. The summed E-state index contributed by atoms with van der Waals surface area (Å²) < 4.78 is 0. The molecule has 0 bridgehead atoms. The number of nitrogens with one attached hydrogen (secondary N) is 1. The number of carbonyl (C=O) groups excluding carboxylic acids is 1. The number of amides is 1. The smallest absolute Gasteiger partial charge is 0.269 e. The van der Waals surface area contributed by atoms with Crippen molar-refractivity contribution in [1.29, 1.82) is 0 Å². The van der Waals surface area contributed by atoms with Crippen molar-refractivity contribution in [2.75, 3.05) is 43.9 Å². The molecule has 3 rings (SSSR count). The van der Waals surface area contributed by atoms with E-state index in [1.807, 2.05) is 26.0 Å². The normalized spacial score (nSPS) is 15.1. The molecule has 0 atom stereocenters. The van der Waals surface area contributed by atoms with E-state index in [9.17, 15) is 4.79 Å². The molecule has 138 valence electrons. The number of nitrogens with zero attached hydrogens (tertiary/aromatic N) is 4. The van der Waals surface area contributed by atoms with Gasteiger partial charge >= 0.3 is 0 Å². The van der Waals surface area contributed by atoms with E-state index in [1.54, 1.807) is 19.3 Å². The summed E-state index contributed by atoms with van der Waals surface area (Å²) in [5.74, 6) is 0.454. The first-order valence-corrected chi connectivity index (χ1v) is 8.86. The molecular formula is C19H26N6O.